The maximum atomic E-state index is 11.7. The van der Waals surface area contributed by atoms with Gasteiger partial charge in [-0.3, -0.25) is 4.79 Å². The number of carbonyl (C=O) groups is 2. The summed E-state index contributed by atoms with van der Waals surface area (Å²) in [4.78, 5) is 28.7. The number of amides is 1. The first kappa shape index (κ1) is 11.5. The third kappa shape index (κ3) is 2.12. The highest BCUT2D eigenvalue weighted by atomic mass is 16.5. The second-order valence-corrected chi connectivity index (χ2v) is 3.83. The summed E-state index contributed by atoms with van der Waals surface area (Å²) in [7, 11) is 1.28. The number of carbonyl (C=O) groups excluding carboxylic acids is 2. The lowest BCUT2D eigenvalue weighted by Gasteiger charge is -2.17. The van der Waals surface area contributed by atoms with Crippen LogP contribution in [0.4, 0.5) is 5.69 Å². The van der Waals surface area contributed by atoms with Gasteiger partial charge < -0.3 is 15.4 Å². The van der Waals surface area contributed by atoms with Crippen molar-refractivity contribution in [3.05, 3.63) is 24.0 Å². The molecule has 1 saturated heterocycles. The molecule has 1 aromatic heterocycles. The molecule has 90 valence electrons. The fraction of sp³-hybridized carbons (Fsp3) is 0.364. The molecule has 1 aromatic rings. The van der Waals surface area contributed by atoms with Crippen LogP contribution >= 0.6 is 0 Å². The van der Waals surface area contributed by atoms with Gasteiger partial charge in [-0.25, -0.2) is 9.78 Å². The van der Waals surface area contributed by atoms with Gasteiger partial charge in [0.15, 0.2) is 5.69 Å². The van der Waals surface area contributed by atoms with E-state index >= 15 is 0 Å². The molecule has 1 amide bonds. The van der Waals surface area contributed by atoms with Crippen molar-refractivity contribution in [2.45, 2.75) is 12.5 Å². The monoisotopic (exact) mass is 235 g/mol. The van der Waals surface area contributed by atoms with Crippen LogP contribution in [0.1, 0.15) is 16.9 Å². The predicted molar refractivity (Wildman–Crippen MR) is 60.5 cm³/mol. The van der Waals surface area contributed by atoms with Crippen LogP contribution in [0.15, 0.2) is 18.3 Å². The van der Waals surface area contributed by atoms with E-state index in [1.807, 2.05) is 0 Å². The average molecular weight is 235 g/mol. The second kappa shape index (κ2) is 4.50. The molecule has 6 heteroatoms. The van der Waals surface area contributed by atoms with E-state index in [0.29, 0.717) is 12.2 Å². The largest absolute Gasteiger partial charge is 0.464 e. The van der Waals surface area contributed by atoms with Gasteiger partial charge in [-0.1, -0.05) is 0 Å². The number of esters is 1. The molecule has 0 aliphatic carbocycles. The Kier molecular flexibility index (Phi) is 3.06. The topological polar surface area (TPSA) is 85.5 Å². The first-order valence-electron chi connectivity index (χ1n) is 5.22. The number of anilines is 1. The zero-order chi connectivity index (χ0) is 12.4. The standard InChI is InChI=1S/C11H13N3O3/c1-17-11(16)10-8(3-2-4-13-10)14-6-7(12)5-9(14)15/h2-4,7H,5-6,12H2,1H3. The lowest BCUT2D eigenvalue weighted by atomic mass is 10.2. The second-order valence-electron chi connectivity index (χ2n) is 3.83. The van der Waals surface area contributed by atoms with E-state index < -0.39 is 5.97 Å². The van der Waals surface area contributed by atoms with Crippen molar-refractivity contribution in [1.29, 1.82) is 0 Å². The van der Waals surface area contributed by atoms with Gasteiger partial charge in [0.2, 0.25) is 5.91 Å². The third-order valence-electron chi connectivity index (χ3n) is 2.61. The van der Waals surface area contributed by atoms with Gasteiger partial charge in [0, 0.05) is 25.2 Å². The molecule has 1 aliphatic heterocycles. The van der Waals surface area contributed by atoms with E-state index in [0.717, 1.165) is 0 Å². The summed E-state index contributed by atoms with van der Waals surface area (Å²) < 4.78 is 4.63. The fourth-order valence-electron chi connectivity index (χ4n) is 1.84. The molecule has 0 saturated carbocycles. The SMILES string of the molecule is COC(=O)c1ncccc1N1CC(N)CC1=O. The molecule has 6 nitrogen and oxygen atoms in total. The van der Waals surface area contributed by atoms with E-state index in [9.17, 15) is 9.59 Å². The number of aromatic nitrogens is 1. The maximum absolute atomic E-state index is 11.7. The fourth-order valence-corrected chi connectivity index (χ4v) is 1.84. The van der Waals surface area contributed by atoms with Crippen LogP contribution in [-0.4, -0.2) is 36.6 Å². The van der Waals surface area contributed by atoms with Crippen LogP contribution in [0.2, 0.25) is 0 Å². The molecule has 2 rings (SSSR count). The molecule has 2 N–H and O–H groups in total. The number of hydrogen-bond acceptors (Lipinski definition) is 5. The molecule has 0 bridgehead atoms. The van der Waals surface area contributed by atoms with Gasteiger partial charge in [0.1, 0.15) is 0 Å². The van der Waals surface area contributed by atoms with Crippen molar-refractivity contribution in [2.75, 3.05) is 18.6 Å². The van der Waals surface area contributed by atoms with Crippen molar-refractivity contribution in [3.8, 4) is 0 Å². The molecule has 1 unspecified atom stereocenters. The molecule has 1 atom stereocenters. The van der Waals surface area contributed by atoms with Crippen LogP contribution in [0, 0.1) is 0 Å². The number of nitrogens with two attached hydrogens (primary N) is 1. The van der Waals surface area contributed by atoms with Crippen LogP contribution in [0.3, 0.4) is 0 Å². The van der Waals surface area contributed by atoms with E-state index in [-0.39, 0.29) is 24.1 Å². The van der Waals surface area contributed by atoms with Crippen LogP contribution in [-0.2, 0) is 9.53 Å². The minimum absolute atomic E-state index is 0.101. The minimum atomic E-state index is -0.561. The first-order valence-corrected chi connectivity index (χ1v) is 5.22. The predicted octanol–water partition coefficient (Wildman–Crippen LogP) is -0.0678. The van der Waals surface area contributed by atoms with Crippen molar-refractivity contribution >= 4 is 17.6 Å². The molecule has 17 heavy (non-hydrogen) atoms. The molecule has 0 radical (unpaired) electrons. The molecule has 2 heterocycles. The van der Waals surface area contributed by atoms with Gasteiger partial charge in [-0.2, -0.15) is 0 Å². The number of rotatable bonds is 2. The Morgan fingerprint density at radius 3 is 3.00 bits per heavy atom. The van der Waals surface area contributed by atoms with Crippen molar-refractivity contribution < 1.29 is 14.3 Å². The van der Waals surface area contributed by atoms with Crippen LogP contribution in [0.25, 0.3) is 0 Å². The molecule has 0 aromatic carbocycles. The molecular weight excluding hydrogens is 222 g/mol. The molecule has 1 aliphatic rings. The van der Waals surface area contributed by atoms with Crippen molar-refractivity contribution in [3.63, 3.8) is 0 Å². The quantitative estimate of drug-likeness (QED) is 0.725. The van der Waals surface area contributed by atoms with Crippen molar-refractivity contribution in [1.82, 2.24) is 4.98 Å². The van der Waals surface area contributed by atoms with Gasteiger partial charge >= 0.3 is 5.97 Å². The first-order chi connectivity index (χ1) is 8.13. The maximum Gasteiger partial charge on any atom is 0.358 e. The Morgan fingerprint density at radius 1 is 1.65 bits per heavy atom. The summed E-state index contributed by atoms with van der Waals surface area (Å²) in [5, 5.41) is 0. The number of methoxy groups -OCH3 is 1. The van der Waals surface area contributed by atoms with Gasteiger partial charge in [-0.15, -0.1) is 0 Å². The lowest BCUT2D eigenvalue weighted by molar-refractivity contribution is -0.117. The van der Waals surface area contributed by atoms with E-state index in [1.54, 1.807) is 12.1 Å². The Bertz CT molecular complexity index is 461. The summed E-state index contributed by atoms with van der Waals surface area (Å²) in [6, 6.07) is 3.13. The Morgan fingerprint density at radius 2 is 2.41 bits per heavy atom. The van der Waals surface area contributed by atoms with Crippen molar-refractivity contribution in [2.24, 2.45) is 5.73 Å². The number of ether oxygens (including phenoxy) is 1. The van der Waals surface area contributed by atoms with Gasteiger partial charge in [-0.05, 0) is 12.1 Å². The minimum Gasteiger partial charge on any atom is -0.464 e. The van der Waals surface area contributed by atoms with E-state index in [4.69, 9.17) is 5.73 Å². The Labute approximate surface area is 98.4 Å². The summed E-state index contributed by atoms with van der Waals surface area (Å²) >= 11 is 0. The average Bonchev–Trinajstić information content (AvgIpc) is 2.67. The molecular formula is C11H13N3O3. The number of hydrogen-bond donors (Lipinski definition) is 1. The summed E-state index contributed by atoms with van der Waals surface area (Å²) in [6.45, 7) is 0.397. The lowest BCUT2D eigenvalue weighted by Crippen LogP contribution is -2.29. The Balaban J connectivity index is 2.38. The zero-order valence-corrected chi connectivity index (χ0v) is 9.42. The third-order valence-corrected chi connectivity index (χ3v) is 2.61. The summed E-state index contributed by atoms with van der Waals surface area (Å²) in [6.07, 6.45) is 1.77. The molecule has 1 fully saturated rings. The highest BCUT2D eigenvalue weighted by Crippen LogP contribution is 2.23. The number of nitrogens with zero attached hydrogens (tertiary/aromatic N) is 2. The highest BCUT2D eigenvalue weighted by molar-refractivity contribution is 6.02. The van der Waals surface area contributed by atoms with Gasteiger partial charge in [0.25, 0.3) is 0 Å². The highest BCUT2D eigenvalue weighted by Gasteiger charge is 2.31. The van der Waals surface area contributed by atoms with E-state index in [2.05, 4.69) is 9.72 Å². The Hall–Kier alpha value is -1.95. The molecule has 0 spiro atoms. The van der Waals surface area contributed by atoms with E-state index in [1.165, 1.54) is 18.2 Å². The zero-order valence-electron chi connectivity index (χ0n) is 9.42. The smallest absolute Gasteiger partial charge is 0.358 e. The van der Waals surface area contributed by atoms with Gasteiger partial charge in [0.05, 0.1) is 12.8 Å². The van der Waals surface area contributed by atoms with Crippen LogP contribution < -0.4 is 10.6 Å². The summed E-state index contributed by atoms with van der Waals surface area (Å²) in [5.41, 5.74) is 6.30. The normalized spacial score (nSPS) is 19.5. The number of pyridine rings is 1. The van der Waals surface area contributed by atoms with Crippen LogP contribution in [0.5, 0.6) is 0 Å². The summed E-state index contributed by atoms with van der Waals surface area (Å²) in [5.74, 6) is -0.662.